The Morgan fingerprint density at radius 1 is 0.973 bits per heavy atom. The van der Waals surface area contributed by atoms with Gasteiger partial charge in [-0.2, -0.15) is 0 Å². The van der Waals surface area contributed by atoms with E-state index in [4.69, 9.17) is 14.2 Å². The molecule has 3 aliphatic rings. The number of ether oxygens (including phenoxy) is 3. The van der Waals surface area contributed by atoms with Gasteiger partial charge in [0.25, 0.3) is 0 Å². The van der Waals surface area contributed by atoms with Crippen molar-refractivity contribution in [2.75, 3.05) is 19.0 Å². The predicted octanol–water partition coefficient (Wildman–Crippen LogP) is 6.29. The second-order valence-corrected chi connectivity index (χ2v) is 10.9. The number of carbonyl (C=O) groups is 2. The van der Waals surface area contributed by atoms with Crippen LogP contribution in [0.1, 0.15) is 63.0 Å². The highest BCUT2D eigenvalue weighted by atomic mass is 16.5. The minimum Gasteiger partial charge on any atom is -0.494 e. The van der Waals surface area contributed by atoms with Crippen molar-refractivity contribution in [3.63, 3.8) is 0 Å². The van der Waals surface area contributed by atoms with E-state index in [1.807, 2.05) is 31.2 Å². The van der Waals surface area contributed by atoms with Crippen molar-refractivity contribution < 1.29 is 23.8 Å². The molecule has 6 nitrogen and oxygen atoms in total. The van der Waals surface area contributed by atoms with Gasteiger partial charge in [0.2, 0.25) is 5.91 Å². The summed E-state index contributed by atoms with van der Waals surface area (Å²) in [5.41, 5.74) is 5.06. The molecular weight excluding hydrogens is 466 g/mol. The van der Waals surface area contributed by atoms with E-state index in [0.717, 1.165) is 71.2 Å². The van der Waals surface area contributed by atoms with E-state index in [2.05, 4.69) is 24.4 Å². The van der Waals surface area contributed by atoms with E-state index in [1.165, 1.54) is 13.5 Å². The fourth-order valence-corrected chi connectivity index (χ4v) is 6.39. The molecule has 0 heterocycles. The zero-order valence-corrected chi connectivity index (χ0v) is 22.3. The van der Waals surface area contributed by atoms with Crippen LogP contribution >= 0.6 is 0 Å². The Balaban J connectivity index is 1.39. The first-order valence-corrected chi connectivity index (χ1v) is 13.8. The molecule has 1 amide bonds. The summed E-state index contributed by atoms with van der Waals surface area (Å²) in [6.07, 6.45) is 7.29. The normalized spacial score (nSPS) is 26.3. The number of fused-ring (bicyclic) bond motifs is 1. The van der Waals surface area contributed by atoms with Gasteiger partial charge in [-0.1, -0.05) is 31.0 Å². The average molecular weight is 506 g/mol. The second-order valence-electron chi connectivity index (χ2n) is 10.9. The van der Waals surface area contributed by atoms with E-state index >= 15 is 0 Å². The van der Waals surface area contributed by atoms with Crippen molar-refractivity contribution in [2.45, 2.75) is 71.5 Å². The first-order chi connectivity index (χ1) is 18.0. The summed E-state index contributed by atoms with van der Waals surface area (Å²) in [5, 5.41) is 3.10. The third-order valence-electron chi connectivity index (χ3n) is 8.53. The van der Waals surface area contributed by atoms with Crippen LogP contribution in [0.15, 0.2) is 36.4 Å². The van der Waals surface area contributed by atoms with Gasteiger partial charge >= 0.3 is 5.97 Å². The maximum absolute atomic E-state index is 13.3. The largest absolute Gasteiger partial charge is 0.494 e. The van der Waals surface area contributed by atoms with Gasteiger partial charge in [-0.25, -0.2) is 0 Å². The van der Waals surface area contributed by atoms with Crippen LogP contribution < -0.4 is 10.1 Å². The van der Waals surface area contributed by atoms with E-state index < -0.39 is 0 Å². The monoisotopic (exact) mass is 505 g/mol. The van der Waals surface area contributed by atoms with Crippen LogP contribution in [0.2, 0.25) is 0 Å². The first-order valence-electron chi connectivity index (χ1n) is 13.8. The fourth-order valence-electron chi connectivity index (χ4n) is 6.39. The lowest BCUT2D eigenvalue weighted by atomic mass is 9.78. The topological polar surface area (TPSA) is 73.9 Å². The summed E-state index contributed by atoms with van der Waals surface area (Å²) in [6, 6.07) is 12.2. The molecule has 6 heteroatoms. The van der Waals surface area contributed by atoms with Crippen molar-refractivity contribution in [2.24, 2.45) is 23.7 Å². The van der Waals surface area contributed by atoms with Gasteiger partial charge in [0.05, 0.1) is 38.3 Å². The lowest BCUT2D eigenvalue weighted by molar-refractivity contribution is -0.151. The number of methoxy groups -OCH3 is 1. The Hall–Kier alpha value is -2.86. The van der Waals surface area contributed by atoms with Crippen LogP contribution in [0.3, 0.4) is 0 Å². The fraction of sp³-hybridized carbons (Fsp3) is 0.548. The highest BCUT2D eigenvalue weighted by molar-refractivity contribution is 5.95. The Labute approximate surface area is 220 Å². The number of anilines is 1. The van der Waals surface area contributed by atoms with Gasteiger partial charge in [-0.3, -0.25) is 9.59 Å². The molecule has 0 spiro atoms. The van der Waals surface area contributed by atoms with Crippen molar-refractivity contribution >= 4 is 17.6 Å². The van der Waals surface area contributed by atoms with Gasteiger partial charge in [-0.15, -0.1) is 0 Å². The Morgan fingerprint density at radius 2 is 1.73 bits per heavy atom. The summed E-state index contributed by atoms with van der Waals surface area (Å²) < 4.78 is 17.2. The van der Waals surface area contributed by atoms with E-state index in [0.29, 0.717) is 32.2 Å². The maximum atomic E-state index is 13.3. The molecule has 37 heavy (non-hydrogen) atoms. The molecule has 3 fully saturated rings. The summed E-state index contributed by atoms with van der Waals surface area (Å²) in [4.78, 5) is 25.6. The van der Waals surface area contributed by atoms with Crippen molar-refractivity contribution in [3.05, 3.63) is 47.5 Å². The number of carbonyl (C=O) groups excluding carboxylic acids is 2. The molecule has 198 valence electrons. The predicted molar refractivity (Wildman–Crippen MR) is 143 cm³/mol. The highest BCUT2D eigenvalue weighted by Gasteiger charge is 2.46. The smallest absolute Gasteiger partial charge is 0.309 e. The molecule has 4 atom stereocenters. The summed E-state index contributed by atoms with van der Waals surface area (Å²) in [5.74, 6) is 1.46. The van der Waals surface area contributed by atoms with Gasteiger partial charge in [0, 0.05) is 5.69 Å². The molecule has 2 aromatic rings. The third kappa shape index (κ3) is 5.69. The summed E-state index contributed by atoms with van der Waals surface area (Å²) in [7, 11) is 1.40. The van der Waals surface area contributed by atoms with Gasteiger partial charge in [0.1, 0.15) is 5.75 Å². The average Bonchev–Trinajstić information content (AvgIpc) is 3.53. The minimum atomic E-state index is -0.376. The number of nitrogens with one attached hydrogen (secondary N) is 1. The molecule has 3 saturated carbocycles. The lowest BCUT2D eigenvalue weighted by Gasteiger charge is -2.28. The Bertz CT molecular complexity index is 1130. The zero-order chi connectivity index (χ0) is 25.9. The quantitative estimate of drug-likeness (QED) is 0.405. The molecule has 0 radical (unpaired) electrons. The van der Waals surface area contributed by atoms with Crippen LogP contribution in [0.5, 0.6) is 5.75 Å². The number of amides is 1. The Kier molecular flexibility index (Phi) is 7.84. The standard InChI is InChI=1S/C31H39NO5/c1-4-36-29-11-7-10-25(19(29)2)26-13-12-23(15-22(26)18-37-24-16-20-14-21(20)17-24)32-30(33)27-8-5-6-9-28(27)31(34)35-3/h7,10-13,15,20-21,24,27-28H,4-6,8-9,14,16-18H2,1-3H3,(H,32,33)/t20?,21?,24?,27-,28+/m0/s1. The molecule has 1 N–H and O–H groups in total. The van der Waals surface area contributed by atoms with E-state index in [9.17, 15) is 9.59 Å². The van der Waals surface area contributed by atoms with Crippen LogP contribution in [0, 0.1) is 30.6 Å². The molecule has 2 aromatic carbocycles. The van der Waals surface area contributed by atoms with Gasteiger partial charge in [-0.05, 0) is 98.2 Å². The SMILES string of the molecule is CCOc1cccc(-c2ccc(NC(=O)[C@H]3CCCC[C@H]3C(=O)OC)cc2COC2CC3CC3C2)c1C. The third-order valence-corrected chi connectivity index (χ3v) is 8.53. The summed E-state index contributed by atoms with van der Waals surface area (Å²) >= 11 is 0. The lowest BCUT2D eigenvalue weighted by Crippen LogP contribution is -2.36. The molecule has 0 aliphatic heterocycles. The number of esters is 1. The number of benzene rings is 2. The van der Waals surface area contributed by atoms with E-state index in [1.54, 1.807) is 0 Å². The second kappa shape index (κ2) is 11.3. The molecule has 2 unspecified atom stereocenters. The first kappa shape index (κ1) is 25.8. The van der Waals surface area contributed by atoms with Crippen LogP contribution in [-0.4, -0.2) is 31.7 Å². The highest BCUT2D eigenvalue weighted by Crippen LogP contribution is 2.52. The van der Waals surface area contributed by atoms with Crippen LogP contribution in [-0.2, 0) is 25.7 Å². The molecule has 3 aliphatic carbocycles. The zero-order valence-electron chi connectivity index (χ0n) is 22.3. The molecule has 0 saturated heterocycles. The molecule has 5 rings (SSSR count). The van der Waals surface area contributed by atoms with Crippen molar-refractivity contribution in [1.82, 2.24) is 0 Å². The number of hydrogen-bond acceptors (Lipinski definition) is 5. The van der Waals surface area contributed by atoms with Crippen LogP contribution in [0.4, 0.5) is 5.69 Å². The van der Waals surface area contributed by atoms with Gasteiger partial charge in [0.15, 0.2) is 0 Å². The van der Waals surface area contributed by atoms with E-state index in [-0.39, 0.29) is 23.7 Å². The number of rotatable bonds is 9. The maximum Gasteiger partial charge on any atom is 0.309 e. The van der Waals surface area contributed by atoms with Crippen molar-refractivity contribution in [1.29, 1.82) is 0 Å². The number of hydrogen-bond donors (Lipinski definition) is 1. The van der Waals surface area contributed by atoms with Gasteiger partial charge < -0.3 is 19.5 Å². The Morgan fingerprint density at radius 3 is 2.46 bits per heavy atom. The minimum absolute atomic E-state index is 0.111. The molecular formula is C31H39NO5. The summed E-state index contributed by atoms with van der Waals surface area (Å²) in [6.45, 7) is 5.19. The molecule has 0 aromatic heterocycles. The van der Waals surface area contributed by atoms with Crippen molar-refractivity contribution in [3.8, 4) is 16.9 Å². The molecule has 0 bridgehead atoms. The van der Waals surface area contributed by atoms with Crippen LogP contribution in [0.25, 0.3) is 11.1 Å².